The van der Waals surface area contributed by atoms with E-state index in [9.17, 15) is 18.8 Å². The van der Waals surface area contributed by atoms with E-state index in [0.717, 1.165) is 0 Å². The van der Waals surface area contributed by atoms with Crippen LogP contribution in [-0.4, -0.2) is 44.9 Å². The van der Waals surface area contributed by atoms with Crippen molar-refractivity contribution < 1.29 is 18.8 Å². The van der Waals surface area contributed by atoms with Crippen LogP contribution in [0.4, 0.5) is 9.18 Å². The summed E-state index contributed by atoms with van der Waals surface area (Å²) in [5.41, 5.74) is -0.659. The smallest absolute Gasteiger partial charge is 0.322 e. The van der Waals surface area contributed by atoms with Crippen molar-refractivity contribution in [2.75, 3.05) is 6.54 Å². The van der Waals surface area contributed by atoms with Crippen LogP contribution in [0.1, 0.15) is 23.8 Å². The number of hydrogen-bond acceptors (Lipinski definition) is 5. The third-order valence-electron chi connectivity index (χ3n) is 3.95. The Balaban J connectivity index is 1.69. The molecule has 1 fully saturated rings. The summed E-state index contributed by atoms with van der Waals surface area (Å²) in [6.07, 6.45) is 1.57. The van der Waals surface area contributed by atoms with Crippen molar-refractivity contribution in [2.45, 2.75) is 18.9 Å². The fraction of sp³-hybridized carbons (Fsp3) is 0.267. The van der Waals surface area contributed by atoms with Gasteiger partial charge in [0, 0.05) is 0 Å². The van der Waals surface area contributed by atoms with Gasteiger partial charge in [-0.1, -0.05) is 6.92 Å². The van der Waals surface area contributed by atoms with Crippen molar-refractivity contribution in [3.8, 4) is 5.69 Å². The molecule has 1 aliphatic rings. The lowest BCUT2D eigenvalue weighted by molar-refractivity contribution is -0.123. The van der Waals surface area contributed by atoms with E-state index in [-0.39, 0.29) is 12.2 Å². The van der Waals surface area contributed by atoms with E-state index in [0.29, 0.717) is 12.1 Å². The number of amides is 4. The molecular formula is C15H15FN6O3. The Hall–Kier alpha value is -3.30. The zero-order chi connectivity index (χ0) is 18.0. The number of benzene rings is 1. The van der Waals surface area contributed by atoms with Gasteiger partial charge in [-0.2, -0.15) is 9.90 Å². The van der Waals surface area contributed by atoms with Gasteiger partial charge in [-0.05, 0) is 30.7 Å². The Morgan fingerprint density at radius 2 is 2.04 bits per heavy atom. The molecule has 2 aromatic rings. The Labute approximate surface area is 141 Å². The van der Waals surface area contributed by atoms with Gasteiger partial charge < -0.3 is 10.6 Å². The van der Waals surface area contributed by atoms with Crippen molar-refractivity contribution in [1.29, 1.82) is 0 Å². The molecule has 130 valence electrons. The van der Waals surface area contributed by atoms with Gasteiger partial charge in [0.05, 0.1) is 18.4 Å². The minimum atomic E-state index is -1.18. The largest absolute Gasteiger partial charge is 0.348 e. The number of aromatic nitrogens is 3. The Morgan fingerprint density at radius 3 is 2.64 bits per heavy atom. The molecule has 9 nitrogen and oxygen atoms in total. The lowest BCUT2D eigenvalue weighted by atomic mass is 9.96. The predicted molar refractivity (Wildman–Crippen MR) is 83.3 cm³/mol. The molecule has 0 bridgehead atoms. The van der Waals surface area contributed by atoms with Crippen LogP contribution in [0.25, 0.3) is 5.69 Å². The first-order valence-corrected chi connectivity index (χ1v) is 7.53. The van der Waals surface area contributed by atoms with Gasteiger partial charge in [0.2, 0.25) is 0 Å². The zero-order valence-electron chi connectivity index (χ0n) is 13.2. The second-order valence-electron chi connectivity index (χ2n) is 5.52. The first-order chi connectivity index (χ1) is 11.9. The SMILES string of the molecule is CC[C@]1(CNC(=O)c2cnn(-c3ccc(F)cc3)n2)NC(=O)NC1=O. The molecule has 1 aromatic heterocycles. The molecule has 1 aromatic carbocycles. The quantitative estimate of drug-likeness (QED) is 0.665. The predicted octanol–water partition coefficient (Wildman–Crippen LogP) is 0.124. The monoisotopic (exact) mass is 346 g/mol. The fourth-order valence-electron chi connectivity index (χ4n) is 2.41. The number of hydrogen-bond donors (Lipinski definition) is 3. The molecule has 0 radical (unpaired) electrons. The molecule has 25 heavy (non-hydrogen) atoms. The number of carbonyl (C=O) groups excluding carboxylic acids is 3. The highest BCUT2D eigenvalue weighted by Crippen LogP contribution is 2.14. The molecule has 4 amide bonds. The third-order valence-corrected chi connectivity index (χ3v) is 3.95. The maximum atomic E-state index is 12.9. The van der Waals surface area contributed by atoms with Crippen molar-refractivity contribution >= 4 is 17.8 Å². The van der Waals surface area contributed by atoms with Gasteiger partial charge in [0.15, 0.2) is 5.69 Å². The van der Waals surface area contributed by atoms with E-state index in [2.05, 4.69) is 26.1 Å². The summed E-state index contributed by atoms with van der Waals surface area (Å²) in [7, 11) is 0. The molecule has 2 heterocycles. The lowest BCUT2D eigenvalue weighted by Crippen LogP contribution is -2.54. The van der Waals surface area contributed by atoms with Crippen LogP contribution in [0.2, 0.25) is 0 Å². The second-order valence-corrected chi connectivity index (χ2v) is 5.52. The molecule has 0 saturated carbocycles. The number of imide groups is 1. The molecule has 1 aliphatic heterocycles. The number of halogens is 1. The Morgan fingerprint density at radius 1 is 1.32 bits per heavy atom. The van der Waals surface area contributed by atoms with E-state index < -0.39 is 29.2 Å². The summed E-state index contributed by atoms with van der Waals surface area (Å²) in [5, 5.41) is 15.2. The van der Waals surface area contributed by atoms with E-state index in [4.69, 9.17) is 0 Å². The molecular weight excluding hydrogens is 331 g/mol. The van der Waals surface area contributed by atoms with E-state index in [1.54, 1.807) is 6.92 Å². The molecule has 10 heteroatoms. The molecule has 1 atom stereocenters. The summed E-state index contributed by atoms with van der Waals surface area (Å²) in [5.74, 6) is -1.43. The zero-order valence-corrected chi connectivity index (χ0v) is 13.2. The second kappa shape index (κ2) is 6.30. The lowest BCUT2D eigenvalue weighted by Gasteiger charge is -2.24. The summed E-state index contributed by atoms with van der Waals surface area (Å²) < 4.78 is 12.9. The minimum Gasteiger partial charge on any atom is -0.348 e. The fourth-order valence-corrected chi connectivity index (χ4v) is 2.41. The number of rotatable bonds is 5. The maximum absolute atomic E-state index is 12.9. The summed E-state index contributed by atoms with van der Waals surface area (Å²) in [4.78, 5) is 36.6. The summed E-state index contributed by atoms with van der Waals surface area (Å²) in [6, 6.07) is 4.86. The van der Waals surface area contributed by atoms with Crippen LogP contribution in [0.5, 0.6) is 0 Å². The van der Waals surface area contributed by atoms with Crippen LogP contribution in [0, 0.1) is 5.82 Å². The average Bonchev–Trinajstić information content (AvgIpc) is 3.18. The molecule has 0 aliphatic carbocycles. The van der Waals surface area contributed by atoms with Crippen molar-refractivity contribution in [3.63, 3.8) is 0 Å². The molecule has 1 saturated heterocycles. The van der Waals surface area contributed by atoms with Crippen LogP contribution >= 0.6 is 0 Å². The highest BCUT2D eigenvalue weighted by Gasteiger charge is 2.44. The summed E-state index contributed by atoms with van der Waals surface area (Å²) >= 11 is 0. The van der Waals surface area contributed by atoms with Gasteiger partial charge in [-0.3, -0.25) is 14.9 Å². The van der Waals surface area contributed by atoms with Gasteiger partial charge >= 0.3 is 6.03 Å². The highest BCUT2D eigenvalue weighted by atomic mass is 19.1. The van der Waals surface area contributed by atoms with Crippen molar-refractivity contribution in [1.82, 2.24) is 30.9 Å². The normalized spacial score (nSPS) is 19.4. The highest BCUT2D eigenvalue weighted by molar-refractivity contribution is 6.07. The van der Waals surface area contributed by atoms with Crippen molar-refractivity contribution in [3.05, 3.63) is 42.0 Å². The molecule has 0 spiro atoms. The van der Waals surface area contributed by atoms with Crippen LogP contribution < -0.4 is 16.0 Å². The Kier molecular flexibility index (Phi) is 4.17. The first-order valence-electron chi connectivity index (χ1n) is 7.53. The van der Waals surface area contributed by atoms with E-state index in [1.807, 2.05) is 0 Å². The molecule has 0 unspecified atom stereocenters. The van der Waals surface area contributed by atoms with Crippen LogP contribution in [-0.2, 0) is 4.79 Å². The van der Waals surface area contributed by atoms with Gasteiger partial charge in [-0.25, -0.2) is 9.18 Å². The van der Waals surface area contributed by atoms with Crippen molar-refractivity contribution in [2.24, 2.45) is 0 Å². The van der Waals surface area contributed by atoms with E-state index >= 15 is 0 Å². The minimum absolute atomic E-state index is 0.0281. The van der Waals surface area contributed by atoms with Gasteiger partial charge in [0.25, 0.3) is 11.8 Å². The summed E-state index contributed by atoms with van der Waals surface area (Å²) in [6.45, 7) is 1.64. The molecule has 3 rings (SSSR count). The van der Waals surface area contributed by atoms with E-state index in [1.165, 1.54) is 35.3 Å². The number of carbonyl (C=O) groups is 3. The van der Waals surface area contributed by atoms with Crippen LogP contribution in [0.15, 0.2) is 30.5 Å². The number of nitrogens with one attached hydrogen (secondary N) is 3. The van der Waals surface area contributed by atoms with Gasteiger partial charge in [-0.15, -0.1) is 5.10 Å². The topological polar surface area (TPSA) is 118 Å². The average molecular weight is 346 g/mol. The van der Waals surface area contributed by atoms with Gasteiger partial charge in [0.1, 0.15) is 11.4 Å². The first kappa shape index (κ1) is 16.6. The van der Waals surface area contributed by atoms with Crippen LogP contribution in [0.3, 0.4) is 0 Å². The maximum Gasteiger partial charge on any atom is 0.322 e. The number of urea groups is 1. The standard InChI is InChI=1S/C15H15FN6O3/c1-2-15(13(24)19-14(25)20-15)8-17-12(23)11-7-18-22(21-11)10-5-3-9(16)4-6-10/h3-7H,2,8H2,1H3,(H,17,23)(H2,19,20,24,25)/t15-/m1/s1. The third kappa shape index (κ3) is 3.18. The Bertz CT molecular complexity index is 834. The molecule has 3 N–H and O–H groups in total. The number of nitrogens with zero attached hydrogens (tertiary/aromatic N) is 3.